The van der Waals surface area contributed by atoms with Crippen molar-refractivity contribution < 1.29 is 17.9 Å². The van der Waals surface area contributed by atoms with E-state index in [1.165, 1.54) is 15.9 Å². The van der Waals surface area contributed by atoms with E-state index in [1.807, 2.05) is 18.2 Å². The van der Waals surface area contributed by atoms with Crippen LogP contribution in [0.2, 0.25) is 0 Å². The molecule has 0 saturated carbocycles. The summed E-state index contributed by atoms with van der Waals surface area (Å²) in [6.45, 7) is 5.64. The standard InChI is InChI=1S/C23H28N2O4S/c1-3-15-25(30(2,27)28)21-11-9-19(10-12-21)22(26)24-18-23(13-16-29-17-14-23)20-7-5-4-6-8-20/h3-12H,1,13-18H2,2H3,(H,24,26). The molecule has 30 heavy (non-hydrogen) atoms. The fourth-order valence-corrected chi connectivity index (χ4v) is 4.68. The van der Waals surface area contributed by atoms with E-state index in [-0.39, 0.29) is 17.9 Å². The number of rotatable bonds is 8. The van der Waals surface area contributed by atoms with Crippen molar-refractivity contribution in [1.29, 1.82) is 0 Å². The molecule has 3 rings (SSSR count). The molecule has 1 N–H and O–H groups in total. The molecule has 0 atom stereocenters. The Morgan fingerprint density at radius 2 is 1.77 bits per heavy atom. The number of nitrogens with zero attached hydrogens (tertiary/aromatic N) is 1. The van der Waals surface area contributed by atoms with Gasteiger partial charge in [-0.1, -0.05) is 36.4 Å². The largest absolute Gasteiger partial charge is 0.381 e. The molecule has 1 heterocycles. The summed E-state index contributed by atoms with van der Waals surface area (Å²) in [6.07, 6.45) is 4.37. The summed E-state index contributed by atoms with van der Waals surface area (Å²) in [4.78, 5) is 12.8. The zero-order valence-electron chi connectivity index (χ0n) is 17.2. The monoisotopic (exact) mass is 428 g/mol. The number of ether oxygens (including phenoxy) is 1. The van der Waals surface area contributed by atoms with Gasteiger partial charge in [0.25, 0.3) is 5.91 Å². The summed E-state index contributed by atoms with van der Waals surface area (Å²) in [5, 5.41) is 3.07. The third-order valence-corrected chi connectivity index (χ3v) is 6.70. The molecule has 0 radical (unpaired) electrons. The molecule has 1 aliphatic heterocycles. The second-order valence-corrected chi connectivity index (χ2v) is 9.48. The van der Waals surface area contributed by atoms with Crippen LogP contribution in [0.25, 0.3) is 0 Å². The van der Waals surface area contributed by atoms with Crippen LogP contribution in [0.15, 0.2) is 67.3 Å². The number of carbonyl (C=O) groups excluding carboxylic acids is 1. The first-order chi connectivity index (χ1) is 14.4. The van der Waals surface area contributed by atoms with Gasteiger partial charge in [0.05, 0.1) is 18.5 Å². The van der Waals surface area contributed by atoms with Gasteiger partial charge in [-0.25, -0.2) is 8.42 Å². The Labute approximate surface area is 178 Å². The van der Waals surface area contributed by atoms with Crippen molar-refractivity contribution in [2.75, 3.05) is 36.9 Å². The number of benzene rings is 2. The molecular formula is C23H28N2O4S. The predicted octanol–water partition coefficient (Wildman–Crippen LogP) is 3.12. The van der Waals surface area contributed by atoms with E-state index < -0.39 is 10.0 Å². The summed E-state index contributed by atoms with van der Waals surface area (Å²) in [5.41, 5.74) is 2.05. The molecule has 0 spiro atoms. The molecule has 1 aliphatic rings. The van der Waals surface area contributed by atoms with Gasteiger partial charge >= 0.3 is 0 Å². The first-order valence-corrected chi connectivity index (χ1v) is 11.8. The van der Waals surface area contributed by atoms with Crippen molar-refractivity contribution in [2.45, 2.75) is 18.3 Å². The molecule has 0 bridgehead atoms. The quantitative estimate of drug-likeness (QED) is 0.656. The lowest BCUT2D eigenvalue weighted by molar-refractivity contribution is 0.0487. The Kier molecular flexibility index (Phi) is 6.95. The number of hydrogen-bond acceptors (Lipinski definition) is 4. The third-order valence-electron chi connectivity index (χ3n) is 5.54. The van der Waals surface area contributed by atoms with E-state index in [0.29, 0.717) is 31.0 Å². The molecule has 2 aromatic rings. The highest BCUT2D eigenvalue weighted by molar-refractivity contribution is 7.92. The molecule has 1 amide bonds. The lowest BCUT2D eigenvalue weighted by atomic mass is 9.74. The summed E-state index contributed by atoms with van der Waals surface area (Å²) in [5.74, 6) is -0.182. The summed E-state index contributed by atoms with van der Waals surface area (Å²) in [7, 11) is -3.43. The van der Waals surface area contributed by atoms with Crippen LogP contribution in [0, 0.1) is 0 Å². The van der Waals surface area contributed by atoms with Gasteiger partial charge in [-0.15, -0.1) is 6.58 Å². The van der Waals surface area contributed by atoms with Crippen LogP contribution in [-0.4, -0.2) is 46.9 Å². The molecule has 7 heteroatoms. The molecule has 0 unspecified atom stereocenters. The first kappa shape index (κ1) is 22.1. The molecule has 160 valence electrons. The van der Waals surface area contributed by atoms with Gasteiger partial charge < -0.3 is 10.1 Å². The van der Waals surface area contributed by atoms with E-state index >= 15 is 0 Å². The van der Waals surface area contributed by atoms with E-state index in [0.717, 1.165) is 19.1 Å². The fraction of sp³-hybridized carbons (Fsp3) is 0.348. The van der Waals surface area contributed by atoms with Crippen LogP contribution in [0.1, 0.15) is 28.8 Å². The average molecular weight is 429 g/mol. The SMILES string of the molecule is C=CCN(c1ccc(C(=O)NCC2(c3ccccc3)CCOCC2)cc1)S(C)(=O)=O. The minimum atomic E-state index is -3.43. The van der Waals surface area contributed by atoms with Gasteiger partial charge in [0, 0.05) is 30.7 Å². The van der Waals surface area contributed by atoms with E-state index in [1.54, 1.807) is 24.3 Å². The van der Waals surface area contributed by atoms with Crippen molar-refractivity contribution in [3.8, 4) is 0 Å². The molecule has 1 saturated heterocycles. The number of anilines is 1. The summed E-state index contributed by atoms with van der Waals surface area (Å²) in [6, 6.07) is 16.8. The normalized spacial score (nSPS) is 15.9. The number of amides is 1. The maximum atomic E-state index is 12.8. The van der Waals surface area contributed by atoms with Gasteiger partial charge in [-0.3, -0.25) is 9.10 Å². The van der Waals surface area contributed by atoms with Gasteiger partial charge in [-0.2, -0.15) is 0 Å². The van der Waals surface area contributed by atoms with Crippen LogP contribution in [0.4, 0.5) is 5.69 Å². The Balaban J connectivity index is 1.73. The van der Waals surface area contributed by atoms with Gasteiger partial charge in [-0.05, 0) is 42.7 Å². The molecular weight excluding hydrogens is 400 g/mol. The highest BCUT2D eigenvalue weighted by atomic mass is 32.2. The third kappa shape index (κ3) is 5.09. The van der Waals surface area contributed by atoms with Crippen molar-refractivity contribution in [1.82, 2.24) is 5.32 Å². The molecule has 1 fully saturated rings. The van der Waals surface area contributed by atoms with Crippen LogP contribution in [0.3, 0.4) is 0 Å². The van der Waals surface area contributed by atoms with Crippen molar-refractivity contribution in [3.05, 3.63) is 78.4 Å². The van der Waals surface area contributed by atoms with Crippen molar-refractivity contribution >= 4 is 21.6 Å². The molecule has 0 aromatic heterocycles. The molecule has 6 nitrogen and oxygen atoms in total. The van der Waals surface area contributed by atoms with E-state index in [4.69, 9.17) is 4.74 Å². The lowest BCUT2D eigenvalue weighted by Gasteiger charge is -2.38. The second-order valence-electron chi connectivity index (χ2n) is 7.57. The van der Waals surface area contributed by atoms with E-state index in [9.17, 15) is 13.2 Å². The Hall–Kier alpha value is -2.64. The number of hydrogen-bond donors (Lipinski definition) is 1. The Bertz CT molecular complexity index is 966. The Morgan fingerprint density at radius 1 is 1.13 bits per heavy atom. The maximum Gasteiger partial charge on any atom is 0.251 e. The van der Waals surface area contributed by atoms with Crippen LogP contribution < -0.4 is 9.62 Å². The lowest BCUT2D eigenvalue weighted by Crippen LogP contribution is -2.44. The fourth-order valence-electron chi connectivity index (χ4n) is 3.80. The van der Waals surface area contributed by atoms with Crippen molar-refractivity contribution in [3.63, 3.8) is 0 Å². The van der Waals surface area contributed by atoms with Gasteiger partial charge in [0.2, 0.25) is 10.0 Å². The zero-order chi connectivity index (χ0) is 21.6. The number of carbonyl (C=O) groups is 1. The minimum absolute atomic E-state index is 0.147. The first-order valence-electron chi connectivity index (χ1n) is 9.96. The number of nitrogens with one attached hydrogen (secondary N) is 1. The van der Waals surface area contributed by atoms with E-state index in [2.05, 4.69) is 24.0 Å². The Morgan fingerprint density at radius 3 is 2.33 bits per heavy atom. The highest BCUT2D eigenvalue weighted by Gasteiger charge is 2.34. The topological polar surface area (TPSA) is 75.7 Å². The minimum Gasteiger partial charge on any atom is -0.381 e. The van der Waals surface area contributed by atoms with Crippen LogP contribution in [0.5, 0.6) is 0 Å². The van der Waals surface area contributed by atoms with Gasteiger partial charge in [0.15, 0.2) is 0 Å². The van der Waals surface area contributed by atoms with Crippen LogP contribution >= 0.6 is 0 Å². The maximum absolute atomic E-state index is 12.8. The number of sulfonamides is 1. The van der Waals surface area contributed by atoms with Crippen molar-refractivity contribution in [2.24, 2.45) is 0 Å². The zero-order valence-corrected chi connectivity index (χ0v) is 18.0. The average Bonchev–Trinajstić information content (AvgIpc) is 2.76. The highest BCUT2D eigenvalue weighted by Crippen LogP contribution is 2.34. The predicted molar refractivity (Wildman–Crippen MR) is 119 cm³/mol. The summed E-state index contributed by atoms with van der Waals surface area (Å²) < 4.78 is 30.7. The second kappa shape index (κ2) is 9.45. The smallest absolute Gasteiger partial charge is 0.251 e. The molecule has 2 aromatic carbocycles. The molecule has 0 aliphatic carbocycles. The van der Waals surface area contributed by atoms with Gasteiger partial charge in [0.1, 0.15) is 0 Å². The van der Waals surface area contributed by atoms with Crippen LogP contribution in [-0.2, 0) is 20.2 Å². The summed E-state index contributed by atoms with van der Waals surface area (Å²) >= 11 is 0.